The molecule has 0 amide bonds. The Morgan fingerprint density at radius 2 is 1.57 bits per heavy atom. The van der Waals surface area contributed by atoms with Gasteiger partial charge in [-0.3, -0.25) is 9.11 Å². The van der Waals surface area contributed by atoms with Crippen LogP contribution < -0.4 is 29.6 Å². The zero-order valence-electron chi connectivity index (χ0n) is 12.2. The van der Waals surface area contributed by atoms with Crippen LogP contribution in [0, 0.1) is 0 Å². The van der Waals surface area contributed by atoms with Gasteiger partial charge in [0.05, 0.1) is 27.2 Å². The summed E-state index contributed by atoms with van der Waals surface area (Å²) in [5.41, 5.74) is 2.97. The maximum absolute atomic E-state index is 10.00. The first-order chi connectivity index (χ1) is 9.17. The molecule has 0 aliphatic rings. The minimum atomic E-state index is -4.12. The van der Waals surface area contributed by atoms with Gasteiger partial charge in [-0.1, -0.05) is 12.1 Å². The van der Waals surface area contributed by atoms with E-state index in [4.69, 9.17) is 9.11 Å². The molecule has 0 saturated carbocycles. The van der Waals surface area contributed by atoms with Gasteiger partial charge in [0.15, 0.2) is 0 Å². The molecule has 0 bridgehead atoms. The zero-order chi connectivity index (χ0) is 15.2. The molecule has 114 valence electrons. The maximum Gasteiger partial charge on any atom is 1.00 e. The van der Waals surface area contributed by atoms with Crippen molar-refractivity contribution < 1.29 is 56.9 Å². The van der Waals surface area contributed by atoms with Gasteiger partial charge < -0.3 is 1.43 Å². The fourth-order valence-corrected chi connectivity index (χ4v) is 3.11. The van der Waals surface area contributed by atoms with Crippen molar-refractivity contribution in [3.63, 3.8) is 0 Å². The molecule has 2 N–H and O–H groups in total. The van der Waals surface area contributed by atoms with E-state index in [0.29, 0.717) is 0 Å². The van der Waals surface area contributed by atoms with Gasteiger partial charge in [0.1, 0.15) is 0 Å². The molecule has 2 aromatic rings. The van der Waals surface area contributed by atoms with Crippen LogP contribution in [0.5, 0.6) is 0 Å². The largest absolute Gasteiger partial charge is 1.00 e. The van der Waals surface area contributed by atoms with Gasteiger partial charge in [0, 0.05) is 0 Å². The fraction of sp³-hybridized carbons (Fsp3) is 0.300. The molecule has 0 atom stereocenters. The Kier molecular flexibility index (Phi) is 9.12. The smallest absolute Gasteiger partial charge is 1.00 e. The van der Waals surface area contributed by atoms with Gasteiger partial charge in [0.2, 0.25) is 0 Å². The second-order valence-electron chi connectivity index (χ2n) is 3.75. The van der Waals surface area contributed by atoms with Crippen LogP contribution in [0.1, 0.15) is 7.85 Å². The first-order valence-corrected chi connectivity index (χ1v) is 9.46. The van der Waals surface area contributed by atoms with E-state index in [1.165, 1.54) is 4.70 Å². The third kappa shape index (κ3) is 10.3. The topological polar surface area (TPSA) is 122 Å². The fourth-order valence-electron chi connectivity index (χ4n) is 1.23. The van der Waals surface area contributed by atoms with E-state index in [0.717, 1.165) is 5.52 Å². The van der Waals surface area contributed by atoms with E-state index in [9.17, 15) is 16.8 Å². The molecular formula is C10H14NNaO6S3. The molecule has 0 unspecified atom stereocenters. The number of fused-ring (bicyclic) bond motifs is 1. The average Bonchev–Trinajstić information content (AvgIpc) is 2.73. The molecular weight excluding hydrogens is 349 g/mol. The van der Waals surface area contributed by atoms with Gasteiger partial charge >= 0.3 is 29.6 Å². The number of hydrogen-bond donors (Lipinski definition) is 2. The van der Waals surface area contributed by atoms with E-state index in [1.807, 2.05) is 23.7 Å². The first-order valence-electron chi connectivity index (χ1n) is 5.36. The molecule has 0 aliphatic heterocycles. The van der Waals surface area contributed by atoms with Gasteiger partial charge in [0.25, 0.3) is 20.2 Å². The van der Waals surface area contributed by atoms with Crippen LogP contribution in [0.4, 0.5) is 0 Å². The van der Waals surface area contributed by atoms with Crippen molar-refractivity contribution in [2.45, 2.75) is 6.42 Å². The van der Waals surface area contributed by atoms with Crippen molar-refractivity contribution in [2.24, 2.45) is 0 Å². The first kappa shape index (κ1) is 20.9. The molecule has 0 saturated heterocycles. The summed E-state index contributed by atoms with van der Waals surface area (Å²) < 4.78 is 57.5. The average molecular weight is 363 g/mol. The van der Waals surface area contributed by atoms with Crippen LogP contribution in [-0.4, -0.2) is 42.4 Å². The van der Waals surface area contributed by atoms with E-state index in [-0.39, 0.29) is 37.4 Å². The Bertz CT molecular complexity index is 700. The molecule has 7 nitrogen and oxygen atoms in total. The van der Waals surface area contributed by atoms with Crippen LogP contribution >= 0.6 is 11.3 Å². The Hall–Kier alpha value is -0.0700. The van der Waals surface area contributed by atoms with Crippen molar-refractivity contribution in [2.75, 3.05) is 11.5 Å². The van der Waals surface area contributed by atoms with Crippen molar-refractivity contribution in [3.05, 3.63) is 29.8 Å². The summed E-state index contributed by atoms with van der Waals surface area (Å²) >= 11 is 1.68. The summed E-state index contributed by atoms with van der Waals surface area (Å²) in [5, 5.41) is 0. The van der Waals surface area contributed by atoms with Crippen LogP contribution in [0.25, 0.3) is 10.2 Å². The van der Waals surface area contributed by atoms with Gasteiger partial charge in [-0.15, -0.1) is 11.3 Å². The van der Waals surface area contributed by atoms with Crippen molar-refractivity contribution in [1.29, 1.82) is 0 Å². The number of hydrogen-bond acceptors (Lipinski definition) is 6. The normalized spacial score (nSPS) is 11.3. The molecule has 2 rings (SSSR count). The molecule has 0 spiro atoms. The summed E-state index contributed by atoms with van der Waals surface area (Å²) in [6.07, 6.45) is -0.308. The van der Waals surface area contributed by atoms with Gasteiger partial charge in [-0.25, -0.2) is 4.98 Å². The minimum absolute atomic E-state index is 0. The van der Waals surface area contributed by atoms with Crippen LogP contribution in [0.15, 0.2) is 29.8 Å². The summed E-state index contributed by atoms with van der Waals surface area (Å²) in [5.74, 6) is -1.32. The van der Waals surface area contributed by atoms with Gasteiger partial charge in [-0.2, -0.15) is 16.8 Å². The molecule has 0 radical (unpaired) electrons. The Morgan fingerprint density at radius 3 is 2.05 bits per heavy atom. The minimum Gasteiger partial charge on any atom is -1.00 e. The zero-order valence-corrected chi connectivity index (χ0v) is 15.7. The number of nitrogens with zero attached hydrogens (tertiary/aromatic N) is 1. The second-order valence-corrected chi connectivity index (χ2v) is 7.78. The number of thiazole rings is 1. The summed E-state index contributed by atoms with van der Waals surface area (Å²) in [4.78, 5) is 4.14. The predicted molar refractivity (Wildman–Crippen MR) is 78.2 cm³/mol. The second kappa shape index (κ2) is 9.16. The van der Waals surface area contributed by atoms with Crippen LogP contribution in [0.2, 0.25) is 0 Å². The maximum atomic E-state index is 10.00. The van der Waals surface area contributed by atoms with E-state index >= 15 is 0 Å². The Labute approximate surface area is 150 Å². The molecule has 0 fully saturated rings. The molecule has 21 heavy (non-hydrogen) atoms. The Morgan fingerprint density at radius 1 is 1.05 bits per heavy atom. The predicted octanol–water partition coefficient (Wildman–Crippen LogP) is -1.44. The SMILES string of the molecule is O=S(=O)(O)CCCS(=O)(=O)O.[H-].[Na+].c1ccc2scnc2c1. The van der Waals surface area contributed by atoms with Crippen molar-refractivity contribution in [3.8, 4) is 0 Å². The number of benzene rings is 1. The third-order valence-electron chi connectivity index (χ3n) is 2.04. The molecule has 11 heteroatoms. The molecule has 1 aromatic carbocycles. The van der Waals surface area contributed by atoms with Crippen molar-refractivity contribution in [1.82, 2.24) is 4.98 Å². The van der Waals surface area contributed by atoms with Gasteiger partial charge in [-0.05, 0) is 18.6 Å². The number of rotatable bonds is 4. The van der Waals surface area contributed by atoms with Crippen molar-refractivity contribution >= 4 is 41.8 Å². The third-order valence-corrected chi connectivity index (χ3v) is 4.46. The quantitative estimate of drug-likeness (QED) is 0.504. The summed E-state index contributed by atoms with van der Waals surface area (Å²) in [6.45, 7) is 0. The molecule has 1 aromatic heterocycles. The summed E-state index contributed by atoms with van der Waals surface area (Å²) in [6, 6.07) is 8.13. The molecule has 1 heterocycles. The number of para-hydroxylation sites is 1. The Balaban J connectivity index is 0. The van der Waals surface area contributed by atoms with E-state index in [2.05, 4.69) is 11.1 Å². The van der Waals surface area contributed by atoms with Crippen LogP contribution in [0.3, 0.4) is 0 Å². The van der Waals surface area contributed by atoms with E-state index < -0.39 is 31.7 Å². The molecule has 0 aliphatic carbocycles. The van der Waals surface area contributed by atoms with Crippen LogP contribution in [-0.2, 0) is 20.2 Å². The summed E-state index contributed by atoms with van der Waals surface area (Å²) in [7, 11) is -8.24. The number of aromatic nitrogens is 1. The monoisotopic (exact) mass is 363 g/mol. The standard InChI is InChI=1S/C7H5NS.C3H8O6S2.Na.H/c1-2-4-7-6(3-1)8-5-9-7;4-10(5,6)2-1-3-11(7,8)9;;/h1-5H;1-3H2,(H,4,5,6)(H,7,8,9);;/q;;+1;-1. The van der Waals surface area contributed by atoms with E-state index in [1.54, 1.807) is 11.3 Å².